The van der Waals surface area contributed by atoms with Crippen LogP contribution in [0.3, 0.4) is 0 Å². The van der Waals surface area contributed by atoms with Crippen molar-refractivity contribution in [2.45, 2.75) is 64.5 Å². The number of halogens is 1. The summed E-state index contributed by atoms with van der Waals surface area (Å²) < 4.78 is 13.1. The molecular formula is C25H32FN3O2. The lowest BCUT2D eigenvalue weighted by Crippen LogP contribution is -2.60. The van der Waals surface area contributed by atoms with Gasteiger partial charge < -0.3 is 16.0 Å². The van der Waals surface area contributed by atoms with Crippen molar-refractivity contribution in [1.29, 1.82) is 0 Å². The fourth-order valence-electron chi connectivity index (χ4n) is 7.43. The predicted octanol–water partition coefficient (Wildman–Crippen LogP) is 4.61. The van der Waals surface area contributed by atoms with Crippen LogP contribution in [0.1, 0.15) is 52.4 Å². The normalized spacial score (nSPS) is 40.9. The van der Waals surface area contributed by atoms with Crippen LogP contribution < -0.4 is 16.0 Å². The number of benzene rings is 1. The van der Waals surface area contributed by atoms with Crippen LogP contribution in [-0.4, -0.2) is 24.0 Å². The number of hydrogen-bond donors (Lipinski definition) is 3. The minimum absolute atomic E-state index is 0.0314. The third-order valence-corrected chi connectivity index (χ3v) is 9.09. The largest absolute Gasteiger partial charge is 0.349 e. The zero-order valence-corrected chi connectivity index (χ0v) is 18.3. The van der Waals surface area contributed by atoms with E-state index < -0.39 is 0 Å². The summed E-state index contributed by atoms with van der Waals surface area (Å²) in [5.41, 5.74) is 0.718. The molecule has 1 aromatic rings. The zero-order valence-electron chi connectivity index (χ0n) is 18.3. The first-order chi connectivity index (χ1) is 14.8. The Morgan fingerprint density at radius 3 is 2.61 bits per heavy atom. The van der Waals surface area contributed by atoms with Crippen molar-refractivity contribution in [3.8, 4) is 0 Å². The molecular weight excluding hydrogens is 393 g/mol. The smallest absolute Gasteiger partial charge is 0.319 e. The molecule has 0 bridgehead atoms. The van der Waals surface area contributed by atoms with Crippen molar-refractivity contribution in [3.63, 3.8) is 0 Å². The van der Waals surface area contributed by atoms with Crippen molar-refractivity contribution >= 4 is 17.6 Å². The van der Waals surface area contributed by atoms with Crippen molar-refractivity contribution < 1.29 is 14.0 Å². The Morgan fingerprint density at radius 2 is 1.84 bits per heavy atom. The summed E-state index contributed by atoms with van der Waals surface area (Å²) in [6, 6.07) is 6.03. The maximum absolute atomic E-state index is 13.1. The monoisotopic (exact) mass is 425 g/mol. The fraction of sp³-hybridized carbons (Fsp3) is 0.600. The van der Waals surface area contributed by atoms with E-state index in [0.29, 0.717) is 23.4 Å². The molecule has 3 fully saturated rings. The molecule has 5 rings (SSSR count). The predicted molar refractivity (Wildman–Crippen MR) is 118 cm³/mol. The average Bonchev–Trinajstić information content (AvgIpc) is 3.06. The van der Waals surface area contributed by atoms with Gasteiger partial charge in [-0.05, 0) is 92.0 Å². The van der Waals surface area contributed by atoms with Crippen LogP contribution in [0.15, 0.2) is 36.4 Å². The van der Waals surface area contributed by atoms with Crippen molar-refractivity contribution in [2.75, 3.05) is 5.32 Å². The molecule has 2 unspecified atom stereocenters. The van der Waals surface area contributed by atoms with Gasteiger partial charge in [0.15, 0.2) is 0 Å². The molecule has 3 saturated carbocycles. The first kappa shape index (κ1) is 20.5. The number of carbonyl (C=O) groups excluding carboxylic acids is 2. The van der Waals surface area contributed by atoms with Gasteiger partial charge in [-0.2, -0.15) is 0 Å². The van der Waals surface area contributed by atoms with E-state index in [-0.39, 0.29) is 40.7 Å². The molecule has 3 aliphatic carbocycles. The molecule has 5 nitrogen and oxygen atoms in total. The van der Waals surface area contributed by atoms with Gasteiger partial charge in [0.25, 0.3) is 0 Å². The Hall–Kier alpha value is -2.37. The second kappa shape index (κ2) is 7.35. The topological polar surface area (TPSA) is 70.2 Å². The van der Waals surface area contributed by atoms with Gasteiger partial charge >= 0.3 is 6.03 Å². The van der Waals surface area contributed by atoms with Gasteiger partial charge in [0.05, 0.1) is 0 Å². The number of nitrogens with one attached hydrogen (secondary N) is 3. The first-order valence-corrected chi connectivity index (χ1v) is 11.6. The van der Waals surface area contributed by atoms with E-state index in [2.05, 4.69) is 35.9 Å². The third kappa shape index (κ3) is 3.35. The molecule has 4 aliphatic rings. The highest BCUT2D eigenvalue weighted by atomic mass is 19.1. The Kier molecular flexibility index (Phi) is 4.87. The number of fused-ring (bicyclic) bond motifs is 5. The van der Waals surface area contributed by atoms with Gasteiger partial charge in [0, 0.05) is 23.2 Å². The van der Waals surface area contributed by atoms with E-state index in [1.807, 2.05) is 0 Å². The van der Waals surface area contributed by atoms with Crippen LogP contribution in [0.4, 0.5) is 14.9 Å². The molecule has 3 amide bonds. The minimum atomic E-state index is -0.315. The lowest BCUT2D eigenvalue weighted by atomic mass is 9.48. The number of carbonyl (C=O) groups is 2. The maximum atomic E-state index is 13.1. The summed E-state index contributed by atoms with van der Waals surface area (Å²) in [6.07, 6.45) is 10.4. The number of amides is 3. The maximum Gasteiger partial charge on any atom is 0.319 e. The lowest BCUT2D eigenvalue weighted by molar-refractivity contribution is -0.122. The number of rotatable bonds is 2. The molecule has 0 spiro atoms. The highest BCUT2D eigenvalue weighted by molar-refractivity contribution is 5.89. The lowest BCUT2D eigenvalue weighted by Gasteiger charge is -2.58. The number of hydrogen-bond acceptors (Lipinski definition) is 2. The van der Waals surface area contributed by atoms with Crippen LogP contribution in [0.2, 0.25) is 0 Å². The molecule has 7 atom stereocenters. The molecule has 31 heavy (non-hydrogen) atoms. The van der Waals surface area contributed by atoms with Gasteiger partial charge in [-0.15, -0.1) is 0 Å². The Balaban J connectivity index is 1.30. The van der Waals surface area contributed by atoms with Gasteiger partial charge in [-0.25, -0.2) is 9.18 Å². The Labute approximate surface area is 183 Å². The Bertz CT molecular complexity index is 916. The molecule has 166 valence electrons. The summed E-state index contributed by atoms with van der Waals surface area (Å²) >= 11 is 0. The average molecular weight is 426 g/mol. The van der Waals surface area contributed by atoms with Gasteiger partial charge in [-0.3, -0.25) is 4.79 Å². The molecule has 3 N–H and O–H groups in total. The third-order valence-electron chi connectivity index (χ3n) is 9.09. The molecule has 0 aromatic heterocycles. The molecule has 0 radical (unpaired) electrons. The summed E-state index contributed by atoms with van der Waals surface area (Å²) in [5.74, 6) is 1.52. The number of anilines is 1. The van der Waals surface area contributed by atoms with Gasteiger partial charge in [-0.1, -0.05) is 19.9 Å². The fourth-order valence-corrected chi connectivity index (χ4v) is 7.43. The van der Waals surface area contributed by atoms with Crippen LogP contribution in [0.5, 0.6) is 0 Å². The summed E-state index contributed by atoms with van der Waals surface area (Å²) in [7, 11) is 0. The SMILES string of the molecule is C[C@]12C=CC(=O)NC1CC[C@@H]1[C@H]2CC[C@]2(C)C(NC(=O)Nc3ccc(F)cc3)CC[C@@H]12. The highest BCUT2D eigenvalue weighted by Crippen LogP contribution is 2.63. The minimum Gasteiger partial charge on any atom is -0.349 e. The Morgan fingerprint density at radius 1 is 1.06 bits per heavy atom. The summed E-state index contributed by atoms with van der Waals surface area (Å²) in [5, 5.41) is 9.29. The van der Waals surface area contributed by atoms with E-state index in [0.717, 1.165) is 38.5 Å². The molecule has 1 aliphatic heterocycles. The van der Waals surface area contributed by atoms with E-state index in [1.54, 1.807) is 18.2 Å². The van der Waals surface area contributed by atoms with Crippen LogP contribution >= 0.6 is 0 Å². The molecule has 1 aromatic carbocycles. The van der Waals surface area contributed by atoms with E-state index in [1.165, 1.54) is 12.1 Å². The zero-order chi connectivity index (χ0) is 21.8. The van der Waals surface area contributed by atoms with Crippen molar-refractivity contribution in [3.05, 3.63) is 42.2 Å². The highest BCUT2D eigenvalue weighted by Gasteiger charge is 2.59. The molecule has 0 saturated heterocycles. The van der Waals surface area contributed by atoms with Crippen LogP contribution in [0.25, 0.3) is 0 Å². The van der Waals surface area contributed by atoms with E-state index >= 15 is 0 Å². The van der Waals surface area contributed by atoms with Gasteiger partial charge in [0.2, 0.25) is 5.91 Å². The van der Waals surface area contributed by atoms with Crippen LogP contribution in [-0.2, 0) is 4.79 Å². The first-order valence-electron chi connectivity index (χ1n) is 11.6. The van der Waals surface area contributed by atoms with Crippen molar-refractivity contribution in [1.82, 2.24) is 10.6 Å². The van der Waals surface area contributed by atoms with E-state index in [9.17, 15) is 14.0 Å². The van der Waals surface area contributed by atoms with Crippen LogP contribution in [0, 0.1) is 34.4 Å². The second-order valence-corrected chi connectivity index (χ2v) is 10.5. The number of urea groups is 1. The standard InChI is InChI=1S/C25H32FN3O2/c1-24-13-11-19-17(7-9-20-25(19,2)14-12-22(30)28-20)18(24)8-10-21(24)29-23(31)27-16-5-3-15(26)4-6-16/h3-6,12,14,17-21H,7-11,13H2,1-2H3,(H,28,30)(H2,27,29,31)/t17-,18-,19+,20?,21?,24-,25+/m0/s1. The molecule has 1 heterocycles. The summed E-state index contributed by atoms with van der Waals surface area (Å²) in [4.78, 5) is 24.5. The van der Waals surface area contributed by atoms with E-state index in [4.69, 9.17) is 0 Å². The van der Waals surface area contributed by atoms with Gasteiger partial charge in [0.1, 0.15) is 5.82 Å². The quantitative estimate of drug-likeness (QED) is 0.647. The second-order valence-electron chi connectivity index (χ2n) is 10.5. The summed E-state index contributed by atoms with van der Waals surface area (Å²) in [6.45, 7) is 4.69. The molecule has 6 heteroatoms. The van der Waals surface area contributed by atoms with Crippen molar-refractivity contribution in [2.24, 2.45) is 28.6 Å².